The van der Waals surface area contributed by atoms with Crippen LogP contribution in [0.25, 0.3) is 0 Å². The summed E-state index contributed by atoms with van der Waals surface area (Å²) < 4.78 is 0. The van der Waals surface area contributed by atoms with Gasteiger partial charge in [-0.2, -0.15) is 0 Å². The molecule has 0 spiro atoms. The van der Waals surface area contributed by atoms with Crippen LogP contribution in [-0.4, -0.2) is 29.0 Å². The van der Waals surface area contributed by atoms with E-state index in [4.69, 9.17) is 5.73 Å². The van der Waals surface area contributed by atoms with E-state index in [0.29, 0.717) is 5.92 Å². The van der Waals surface area contributed by atoms with E-state index in [0.717, 1.165) is 18.8 Å². The smallest absolute Gasteiger partial charge is 0.0544 e. The molecule has 1 saturated carbocycles. The summed E-state index contributed by atoms with van der Waals surface area (Å²) in [6.45, 7) is 3.97. The van der Waals surface area contributed by atoms with Crippen molar-refractivity contribution in [3.05, 3.63) is 30.1 Å². The molecule has 0 aliphatic heterocycles. The van der Waals surface area contributed by atoms with Crippen molar-refractivity contribution >= 4 is 0 Å². The maximum absolute atomic E-state index is 6.05. The molecule has 94 valence electrons. The molecule has 17 heavy (non-hydrogen) atoms. The summed E-state index contributed by atoms with van der Waals surface area (Å²) in [6, 6.07) is 6.09. The Hall–Kier alpha value is -0.930. The number of likely N-dealkylation sites (N-methyl/N-ethyl adjacent to an activating group) is 1. The van der Waals surface area contributed by atoms with Crippen LogP contribution in [0.3, 0.4) is 0 Å². The van der Waals surface area contributed by atoms with Crippen LogP contribution in [0, 0.1) is 5.92 Å². The van der Waals surface area contributed by atoms with E-state index >= 15 is 0 Å². The Bertz CT molecular complexity index is 352. The van der Waals surface area contributed by atoms with Crippen LogP contribution in [0.15, 0.2) is 24.4 Å². The van der Waals surface area contributed by atoms with Crippen molar-refractivity contribution in [3.63, 3.8) is 0 Å². The molecule has 2 atom stereocenters. The Morgan fingerprint density at radius 3 is 2.88 bits per heavy atom. The number of pyridine rings is 1. The summed E-state index contributed by atoms with van der Waals surface area (Å²) in [5.41, 5.74) is 7.36. The number of hydrogen-bond donors (Lipinski definition) is 1. The van der Waals surface area contributed by atoms with Crippen LogP contribution >= 0.6 is 0 Å². The first-order chi connectivity index (χ1) is 8.19. The highest BCUT2D eigenvalue weighted by Gasteiger charge is 2.42. The molecule has 2 rings (SSSR count). The number of nitrogens with two attached hydrogens (primary N) is 1. The van der Waals surface area contributed by atoms with E-state index in [1.807, 2.05) is 18.3 Å². The summed E-state index contributed by atoms with van der Waals surface area (Å²) in [4.78, 5) is 6.81. The fourth-order valence-corrected chi connectivity index (χ4v) is 3.15. The molecule has 0 bridgehead atoms. The molecule has 1 fully saturated rings. The molecule has 0 saturated heterocycles. The van der Waals surface area contributed by atoms with Gasteiger partial charge in [-0.25, -0.2) is 0 Å². The van der Waals surface area contributed by atoms with E-state index in [9.17, 15) is 0 Å². The third-order valence-corrected chi connectivity index (χ3v) is 4.40. The molecule has 3 heteroatoms. The van der Waals surface area contributed by atoms with Gasteiger partial charge < -0.3 is 5.73 Å². The Balaban J connectivity index is 2.10. The standard InChI is InChI=1S/C14H23N3/c1-12-6-5-8-14(12,11-15)17(2)10-13-7-3-4-9-16-13/h3-4,7,9,12H,5-6,8,10-11,15H2,1-2H3. The second-order valence-corrected chi connectivity index (χ2v) is 5.28. The molecule has 1 aliphatic carbocycles. The van der Waals surface area contributed by atoms with Gasteiger partial charge in [-0.1, -0.05) is 19.4 Å². The number of hydrogen-bond acceptors (Lipinski definition) is 3. The lowest BCUT2D eigenvalue weighted by molar-refractivity contribution is 0.0829. The summed E-state index contributed by atoms with van der Waals surface area (Å²) >= 11 is 0. The van der Waals surface area contributed by atoms with Crippen LogP contribution in [0.4, 0.5) is 0 Å². The van der Waals surface area contributed by atoms with Gasteiger partial charge in [0, 0.05) is 24.8 Å². The largest absolute Gasteiger partial charge is 0.329 e. The van der Waals surface area contributed by atoms with Crippen molar-refractivity contribution in [3.8, 4) is 0 Å². The lowest BCUT2D eigenvalue weighted by Gasteiger charge is -2.41. The number of nitrogens with zero attached hydrogens (tertiary/aromatic N) is 2. The van der Waals surface area contributed by atoms with Gasteiger partial charge in [0.2, 0.25) is 0 Å². The maximum Gasteiger partial charge on any atom is 0.0544 e. The molecule has 0 radical (unpaired) electrons. The summed E-state index contributed by atoms with van der Waals surface area (Å²) in [5.74, 6) is 0.682. The van der Waals surface area contributed by atoms with Crippen molar-refractivity contribution in [1.82, 2.24) is 9.88 Å². The predicted molar refractivity (Wildman–Crippen MR) is 70.5 cm³/mol. The topological polar surface area (TPSA) is 42.1 Å². The van der Waals surface area contributed by atoms with E-state index in [1.165, 1.54) is 19.3 Å². The SMILES string of the molecule is CC1CCCC1(CN)N(C)Cc1ccccn1. The van der Waals surface area contributed by atoms with Crippen molar-refractivity contribution in [1.29, 1.82) is 0 Å². The molecule has 2 unspecified atom stereocenters. The van der Waals surface area contributed by atoms with Gasteiger partial charge in [0.05, 0.1) is 5.69 Å². The fourth-order valence-electron chi connectivity index (χ4n) is 3.15. The Kier molecular flexibility index (Phi) is 3.79. The van der Waals surface area contributed by atoms with E-state index in [2.05, 4.69) is 29.9 Å². The molecular weight excluding hydrogens is 210 g/mol. The van der Waals surface area contributed by atoms with Crippen LogP contribution in [0.5, 0.6) is 0 Å². The number of aromatic nitrogens is 1. The van der Waals surface area contributed by atoms with Gasteiger partial charge in [0.25, 0.3) is 0 Å². The quantitative estimate of drug-likeness (QED) is 0.865. The minimum absolute atomic E-state index is 0.178. The minimum Gasteiger partial charge on any atom is -0.329 e. The van der Waals surface area contributed by atoms with Gasteiger partial charge in [-0.05, 0) is 37.9 Å². The molecule has 1 heterocycles. The lowest BCUT2D eigenvalue weighted by Crippen LogP contribution is -2.53. The third-order valence-electron chi connectivity index (χ3n) is 4.40. The first kappa shape index (κ1) is 12.5. The van der Waals surface area contributed by atoms with E-state index in [-0.39, 0.29) is 5.54 Å². The summed E-state index contributed by atoms with van der Waals surface area (Å²) in [5, 5.41) is 0. The molecule has 3 nitrogen and oxygen atoms in total. The van der Waals surface area contributed by atoms with Gasteiger partial charge >= 0.3 is 0 Å². The zero-order valence-electron chi connectivity index (χ0n) is 10.9. The minimum atomic E-state index is 0.178. The average molecular weight is 233 g/mol. The highest BCUT2D eigenvalue weighted by molar-refractivity contribution is 5.06. The number of rotatable bonds is 4. The predicted octanol–water partition coefficient (Wildman–Crippen LogP) is 2.03. The third kappa shape index (κ3) is 2.35. The Morgan fingerprint density at radius 1 is 1.53 bits per heavy atom. The van der Waals surface area contributed by atoms with E-state index < -0.39 is 0 Å². The Labute approximate surface area is 104 Å². The van der Waals surface area contributed by atoms with Gasteiger partial charge in [0.1, 0.15) is 0 Å². The van der Waals surface area contributed by atoms with Crippen LogP contribution in [-0.2, 0) is 6.54 Å². The van der Waals surface area contributed by atoms with Gasteiger partial charge in [-0.15, -0.1) is 0 Å². The summed E-state index contributed by atoms with van der Waals surface area (Å²) in [6.07, 6.45) is 5.67. The molecular formula is C14H23N3. The highest BCUT2D eigenvalue weighted by atomic mass is 15.2. The average Bonchev–Trinajstić information content (AvgIpc) is 2.73. The molecule has 0 amide bonds. The van der Waals surface area contributed by atoms with Crippen molar-refractivity contribution < 1.29 is 0 Å². The molecule has 2 N–H and O–H groups in total. The van der Waals surface area contributed by atoms with Crippen LogP contribution in [0.1, 0.15) is 31.9 Å². The van der Waals surface area contributed by atoms with E-state index in [1.54, 1.807) is 0 Å². The van der Waals surface area contributed by atoms with Gasteiger partial charge in [0.15, 0.2) is 0 Å². The second kappa shape index (κ2) is 5.15. The molecule has 1 aromatic heterocycles. The van der Waals surface area contributed by atoms with Crippen LogP contribution < -0.4 is 5.73 Å². The van der Waals surface area contributed by atoms with Crippen LogP contribution in [0.2, 0.25) is 0 Å². The molecule has 1 aliphatic rings. The highest BCUT2D eigenvalue weighted by Crippen LogP contribution is 2.39. The van der Waals surface area contributed by atoms with Crippen molar-refractivity contribution in [2.75, 3.05) is 13.6 Å². The van der Waals surface area contributed by atoms with Crippen molar-refractivity contribution in [2.45, 2.75) is 38.3 Å². The van der Waals surface area contributed by atoms with Gasteiger partial charge in [-0.3, -0.25) is 9.88 Å². The lowest BCUT2D eigenvalue weighted by atomic mass is 9.86. The molecule has 1 aromatic rings. The fraction of sp³-hybridized carbons (Fsp3) is 0.643. The Morgan fingerprint density at radius 2 is 2.35 bits per heavy atom. The zero-order valence-corrected chi connectivity index (χ0v) is 10.9. The normalized spacial score (nSPS) is 28.8. The second-order valence-electron chi connectivity index (χ2n) is 5.28. The summed E-state index contributed by atoms with van der Waals surface area (Å²) in [7, 11) is 2.18. The van der Waals surface area contributed by atoms with Crippen molar-refractivity contribution in [2.24, 2.45) is 11.7 Å². The first-order valence-corrected chi connectivity index (χ1v) is 6.50. The first-order valence-electron chi connectivity index (χ1n) is 6.50. The molecule has 0 aromatic carbocycles. The zero-order chi connectivity index (χ0) is 12.3. The maximum atomic E-state index is 6.05. The monoisotopic (exact) mass is 233 g/mol.